The Morgan fingerprint density at radius 2 is 2.04 bits per heavy atom. The molecule has 0 spiro atoms. The molecule has 0 unspecified atom stereocenters. The first-order valence-electron chi connectivity index (χ1n) is 7.62. The summed E-state index contributed by atoms with van der Waals surface area (Å²) in [7, 11) is 0. The van der Waals surface area contributed by atoms with Gasteiger partial charge in [0.2, 0.25) is 0 Å². The van der Waals surface area contributed by atoms with Crippen LogP contribution in [0.5, 0.6) is 5.75 Å². The van der Waals surface area contributed by atoms with Crippen LogP contribution in [-0.2, 0) is 4.79 Å². The summed E-state index contributed by atoms with van der Waals surface area (Å²) in [6.45, 7) is 2.52. The van der Waals surface area contributed by atoms with Gasteiger partial charge in [0.25, 0.3) is 0 Å². The van der Waals surface area contributed by atoms with E-state index >= 15 is 0 Å². The summed E-state index contributed by atoms with van der Waals surface area (Å²) in [4.78, 5) is 15.0. The van der Waals surface area contributed by atoms with E-state index in [1.165, 1.54) is 0 Å². The molecule has 1 N–H and O–H groups in total. The average Bonchev–Trinajstić information content (AvgIpc) is 3.05. The summed E-state index contributed by atoms with van der Waals surface area (Å²) >= 11 is 1.12. The van der Waals surface area contributed by atoms with Crippen molar-refractivity contribution in [3.8, 4) is 22.8 Å². The number of hydrogen-bond acceptors (Lipinski definition) is 6. The molecule has 0 amide bonds. The molecule has 7 nitrogen and oxygen atoms in total. The third-order valence-corrected chi connectivity index (χ3v) is 4.20. The van der Waals surface area contributed by atoms with Gasteiger partial charge in [-0.2, -0.15) is 0 Å². The summed E-state index contributed by atoms with van der Waals surface area (Å²) in [6.07, 6.45) is 3.38. The summed E-state index contributed by atoms with van der Waals surface area (Å²) in [5.41, 5.74) is 1.62. The molecule has 0 aliphatic carbocycles. The van der Waals surface area contributed by atoms with Gasteiger partial charge >= 0.3 is 5.97 Å². The normalized spacial score (nSPS) is 10.6. The Morgan fingerprint density at radius 1 is 1.24 bits per heavy atom. The number of carboxylic acid groups (broad SMARTS) is 1. The number of nitrogens with zero attached hydrogens (tertiary/aromatic N) is 4. The van der Waals surface area contributed by atoms with Crippen LogP contribution in [0.25, 0.3) is 17.1 Å². The summed E-state index contributed by atoms with van der Waals surface area (Å²) in [5, 5.41) is 17.8. The quantitative estimate of drug-likeness (QED) is 0.651. The second-order valence-corrected chi connectivity index (χ2v) is 5.94. The van der Waals surface area contributed by atoms with Crippen molar-refractivity contribution in [3.63, 3.8) is 0 Å². The molecule has 0 bridgehead atoms. The number of pyridine rings is 1. The lowest BCUT2D eigenvalue weighted by Gasteiger charge is -2.11. The third kappa shape index (κ3) is 3.97. The second kappa shape index (κ2) is 7.80. The number of ether oxygens (including phenoxy) is 1. The Kier molecular flexibility index (Phi) is 5.30. The highest BCUT2D eigenvalue weighted by Crippen LogP contribution is 2.28. The summed E-state index contributed by atoms with van der Waals surface area (Å²) < 4.78 is 7.29. The van der Waals surface area contributed by atoms with E-state index in [9.17, 15) is 4.79 Å². The molecule has 3 aromatic rings. The standard InChI is InChI=1S/C17H16N4O3S/c1-2-24-14-7-5-13(6-8-14)21-16(12-4-3-9-18-10-12)19-20-17(21)25-11-15(22)23/h3-10H,2,11H2,1H3,(H,22,23). The maximum atomic E-state index is 10.9. The van der Waals surface area contributed by atoms with Gasteiger partial charge in [0.05, 0.1) is 12.4 Å². The first kappa shape index (κ1) is 17.0. The molecule has 0 saturated heterocycles. The lowest BCUT2D eigenvalue weighted by atomic mass is 10.2. The molecule has 8 heteroatoms. The van der Waals surface area contributed by atoms with Crippen LogP contribution in [0.3, 0.4) is 0 Å². The molecule has 0 radical (unpaired) electrons. The van der Waals surface area contributed by atoms with Gasteiger partial charge in [-0.3, -0.25) is 14.3 Å². The molecule has 0 aliphatic heterocycles. The molecular formula is C17H16N4O3S. The fourth-order valence-electron chi connectivity index (χ4n) is 2.26. The summed E-state index contributed by atoms with van der Waals surface area (Å²) in [5.74, 6) is 0.365. The van der Waals surface area contributed by atoms with Crippen molar-refractivity contribution >= 4 is 17.7 Å². The zero-order chi connectivity index (χ0) is 17.6. The Bertz CT molecular complexity index is 850. The zero-order valence-corrected chi connectivity index (χ0v) is 14.3. The Labute approximate surface area is 148 Å². The van der Waals surface area contributed by atoms with Crippen LogP contribution in [-0.4, -0.2) is 43.2 Å². The Balaban J connectivity index is 2.04. The van der Waals surface area contributed by atoms with Gasteiger partial charge in [-0.05, 0) is 43.3 Å². The average molecular weight is 356 g/mol. The van der Waals surface area contributed by atoms with Gasteiger partial charge < -0.3 is 9.84 Å². The van der Waals surface area contributed by atoms with E-state index < -0.39 is 5.97 Å². The zero-order valence-electron chi connectivity index (χ0n) is 13.5. The van der Waals surface area contributed by atoms with Crippen molar-refractivity contribution in [2.75, 3.05) is 12.4 Å². The number of carboxylic acids is 1. The number of carbonyl (C=O) groups is 1. The van der Waals surface area contributed by atoms with Crippen molar-refractivity contribution in [3.05, 3.63) is 48.8 Å². The van der Waals surface area contributed by atoms with E-state index in [2.05, 4.69) is 15.2 Å². The Hall–Kier alpha value is -2.87. The van der Waals surface area contributed by atoms with Crippen LogP contribution in [0, 0.1) is 0 Å². The first-order valence-corrected chi connectivity index (χ1v) is 8.61. The van der Waals surface area contributed by atoms with Gasteiger partial charge in [-0.15, -0.1) is 10.2 Å². The van der Waals surface area contributed by atoms with Gasteiger partial charge in [0.1, 0.15) is 5.75 Å². The molecule has 0 fully saturated rings. The van der Waals surface area contributed by atoms with Crippen molar-refractivity contribution in [2.45, 2.75) is 12.1 Å². The predicted octanol–water partition coefficient (Wildman–Crippen LogP) is 2.90. The predicted molar refractivity (Wildman–Crippen MR) is 94.1 cm³/mol. The maximum Gasteiger partial charge on any atom is 0.313 e. The minimum absolute atomic E-state index is 0.0950. The third-order valence-electron chi connectivity index (χ3n) is 3.28. The molecule has 1 aromatic carbocycles. The number of aromatic nitrogens is 4. The molecule has 25 heavy (non-hydrogen) atoms. The van der Waals surface area contributed by atoms with Crippen molar-refractivity contribution in [2.24, 2.45) is 0 Å². The van der Waals surface area contributed by atoms with Crippen LogP contribution in [0.4, 0.5) is 0 Å². The van der Waals surface area contributed by atoms with Crippen LogP contribution in [0.1, 0.15) is 6.92 Å². The molecule has 0 aliphatic rings. The van der Waals surface area contributed by atoms with E-state index in [-0.39, 0.29) is 5.75 Å². The minimum Gasteiger partial charge on any atom is -0.494 e. The van der Waals surface area contributed by atoms with Gasteiger partial charge in [-0.1, -0.05) is 11.8 Å². The SMILES string of the molecule is CCOc1ccc(-n2c(SCC(=O)O)nnc2-c2cccnc2)cc1. The maximum absolute atomic E-state index is 10.9. The first-order chi connectivity index (χ1) is 12.2. The van der Waals surface area contributed by atoms with E-state index in [0.717, 1.165) is 28.8 Å². The van der Waals surface area contributed by atoms with Crippen molar-refractivity contribution < 1.29 is 14.6 Å². The lowest BCUT2D eigenvalue weighted by Crippen LogP contribution is -2.03. The molecular weight excluding hydrogens is 340 g/mol. The summed E-state index contributed by atoms with van der Waals surface area (Å²) in [6, 6.07) is 11.2. The molecule has 2 heterocycles. The largest absolute Gasteiger partial charge is 0.494 e. The monoisotopic (exact) mass is 356 g/mol. The fraction of sp³-hybridized carbons (Fsp3) is 0.176. The van der Waals surface area contributed by atoms with Crippen LogP contribution >= 0.6 is 11.8 Å². The number of benzene rings is 1. The van der Waals surface area contributed by atoms with Crippen LogP contribution < -0.4 is 4.74 Å². The highest BCUT2D eigenvalue weighted by molar-refractivity contribution is 7.99. The molecule has 0 atom stereocenters. The minimum atomic E-state index is -0.908. The van der Waals surface area contributed by atoms with E-state index in [0.29, 0.717) is 17.6 Å². The smallest absolute Gasteiger partial charge is 0.313 e. The lowest BCUT2D eigenvalue weighted by molar-refractivity contribution is -0.133. The molecule has 3 rings (SSSR count). The second-order valence-electron chi connectivity index (χ2n) is 4.99. The van der Waals surface area contributed by atoms with E-state index in [1.54, 1.807) is 12.4 Å². The van der Waals surface area contributed by atoms with Gasteiger partial charge in [0.15, 0.2) is 11.0 Å². The number of thioether (sulfide) groups is 1. The topological polar surface area (TPSA) is 90.1 Å². The fourth-order valence-corrected chi connectivity index (χ4v) is 2.93. The van der Waals surface area contributed by atoms with E-state index in [4.69, 9.17) is 9.84 Å². The number of hydrogen-bond donors (Lipinski definition) is 1. The number of rotatable bonds is 7. The van der Waals surface area contributed by atoms with Crippen LogP contribution in [0.2, 0.25) is 0 Å². The van der Waals surface area contributed by atoms with Gasteiger partial charge in [-0.25, -0.2) is 0 Å². The van der Waals surface area contributed by atoms with Crippen LogP contribution in [0.15, 0.2) is 53.9 Å². The van der Waals surface area contributed by atoms with Crippen molar-refractivity contribution in [1.82, 2.24) is 19.7 Å². The Morgan fingerprint density at radius 3 is 2.68 bits per heavy atom. The van der Waals surface area contributed by atoms with Crippen molar-refractivity contribution in [1.29, 1.82) is 0 Å². The molecule has 2 aromatic heterocycles. The highest BCUT2D eigenvalue weighted by Gasteiger charge is 2.17. The highest BCUT2D eigenvalue weighted by atomic mass is 32.2. The van der Waals surface area contributed by atoms with E-state index in [1.807, 2.05) is 47.9 Å². The molecule has 0 saturated carbocycles. The number of aliphatic carboxylic acids is 1. The van der Waals surface area contributed by atoms with Gasteiger partial charge in [0, 0.05) is 23.6 Å². The molecule has 128 valence electrons.